The molecule has 3 saturated carbocycles. The average Bonchev–Trinajstić information content (AvgIpc) is 2.99. The minimum absolute atomic E-state index is 0.0159. The summed E-state index contributed by atoms with van der Waals surface area (Å²) < 4.78 is 5.90. The van der Waals surface area contributed by atoms with E-state index in [0.717, 1.165) is 6.42 Å². The Kier molecular flexibility index (Phi) is 3.90. The van der Waals surface area contributed by atoms with Crippen molar-refractivity contribution < 1.29 is 9.53 Å². The van der Waals surface area contributed by atoms with Crippen LogP contribution in [0.25, 0.3) is 10.8 Å². The molecule has 4 atom stereocenters. The molecule has 0 spiro atoms. The maximum absolute atomic E-state index is 12.7. The van der Waals surface area contributed by atoms with Crippen LogP contribution in [0.2, 0.25) is 0 Å². The zero-order valence-corrected chi connectivity index (χ0v) is 15.8. The molecule has 0 amide bonds. The standard InChI is InChI=1S/C19H23N3O2S/c1-10-13-8-12(19(13,3)4)9-14(10)24-18(23)15-11(2)22-17(25-15)16-20-6-5-7-21-16/h5-7,10,12-14H,8-9H2,1-4H3/t10-,12-,13+,14-/m1/s1. The van der Waals surface area contributed by atoms with Gasteiger partial charge in [-0.25, -0.2) is 19.7 Å². The topological polar surface area (TPSA) is 65.0 Å². The van der Waals surface area contributed by atoms with Crippen LogP contribution in [0.15, 0.2) is 18.5 Å². The van der Waals surface area contributed by atoms with Gasteiger partial charge in [0.05, 0.1) is 5.69 Å². The van der Waals surface area contributed by atoms with Crippen LogP contribution < -0.4 is 0 Å². The maximum Gasteiger partial charge on any atom is 0.350 e. The summed E-state index contributed by atoms with van der Waals surface area (Å²) >= 11 is 1.31. The van der Waals surface area contributed by atoms with Gasteiger partial charge in [0.2, 0.25) is 0 Å². The van der Waals surface area contributed by atoms with Gasteiger partial charge >= 0.3 is 5.97 Å². The molecular weight excluding hydrogens is 334 g/mol. The molecule has 3 aliphatic carbocycles. The Morgan fingerprint density at radius 1 is 1.28 bits per heavy atom. The Labute approximate surface area is 151 Å². The Bertz CT molecular complexity index is 802. The van der Waals surface area contributed by atoms with Crippen molar-refractivity contribution in [2.45, 2.75) is 46.6 Å². The second-order valence-corrected chi connectivity index (χ2v) is 8.90. The molecule has 2 aromatic rings. The van der Waals surface area contributed by atoms with Crippen LogP contribution in [0, 0.1) is 30.1 Å². The number of esters is 1. The molecule has 0 radical (unpaired) electrons. The number of hydrogen-bond donors (Lipinski definition) is 0. The van der Waals surface area contributed by atoms with Gasteiger partial charge in [-0.1, -0.05) is 20.8 Å². The van der Waals surface area contributed by atoms with Crippen molar-refractivity contribution in [2.24, 2.45) is 23.2 Å². The first kappa shape index (κ1) is 16.6. The predicted molar refractivity (Wildman–Crippen MR) is 96.2 cm³/mol. The largest absolute Gasteiger partial charge is 0.458 e. The third kappa shape index (κ3) is 2.67. The van der Waals surface area contributed by atoms with Gasteiger partial charge in [0, 0.05) is 12.4 Å². The molecule has 5 nitrogen and oxygen atoms in total. The average molecular weight is 357 g/mol. The summed E-state index contributed by atoms with van der Waals surface area (Å²) in [5.41, 5.74) is 1.08. The minimum atomic E-state index is -0.256. The molecular formula is C19H23N3O2S. The molecule has 0 unspecified atom stereocenters. The van der Waals surface area contributed by atoms with E-state index in [1.807, 2.05) is 6.92 Å². The van der Waals surface area contributed by atoms with E-state index in [1.54, 1.807) is 18.5 Å². The van der Waals surface area contributed by atoms with E-state index in [2.05, 4.69) is 35.7 Å². The summed E-state index contributed by atoms with van der Waals surface area (Å²) in [6, 6.07) is 1.76. The first-order valence-electron chi connectivity index (χ1n) is 8.83. The fraction of sp³-hybridized carbons (Fsp3) is 0.579. The minimum Gasteiger partial charge on any atom is -0.458 e. The lowest BCUT2D eigenvalue weighted by Gasteiger charge is -2.61. The van der Waals surface area contributed by atoms with Crippen LogP contribution in [0.5, 0.6) is 0 Å². The molecule has 0 N–H and O–H groups in total. The fourth-order valence-electron chi connectivity index (χ4n) is 4.54. The maximum atomic E-state index is 12.7. The van der Waals surface area contributed by atoms with Crippen LogP contribution in [-0.2, 0) is 4.74 Å². The number of fused-ring (bicyclic) bond motifs is 2. The second-order valence-electron chi connectivity index (χ2n) is 7.91. The van der Waals surface area contributed by atoms with E-state index in [0.29, 0.717) is 44.6 Å². The molecule has 2 aromatic heterocycles. The van der Waals surface area contributed by atoms with E-state index >= 15 is 0 Å². The van der Waals surface area contributed by atoms with Gasteiger partial charge in [0.25, 0.3) is 0 Å². The van der Waals surface area contributed by atoms with E-state index in [1.165, 1.54) is 17.8 Å². The van der Waals surface area contributed by atoms with Crippen molar-refractivity contribution in [3.8, 4) is 10.8 Å². The van der Waals surface area contributed by atoms with Crippen LogP contribution in [0.3, 0.4) is 0 Å². The monoisotopic (exact) mass is 357 g/mol. The normalized spacial score (nSPS) is 29.8. The number of nitrogens with zero attached hydrogens (tertiary/aromatic N) is 3. The molecule has 0 saturated heterocycles. The summed E-state index contributed by atoms with van der Waals surface area (Å²) in [7, 11) is 0. The SMILES string of the molecule is Cc1nc(-c2ncccn2)sc1C(=O)O[C@@H]1C[C@H]2C[C@@H]([C@H]1C)C2(C)C. The van der Waals surface area contributed by atoms with E-state index < -0.39 is 0 Å². The molecule has 6 heteroatoms. The van der Waals surface area contributed by atoms with Crippen molar-refractivity contribution >= 4 is 17.3 Å². The van der Waals surface area contributed by atoms with E-state index in [9.17, 15) is 4.79 Å². The van der Waals surface area contributed by atoms with Gasteiger partial charge in [0.1, 0.15) is 11.0 Å². The number of hydrogen-bond acceptors (Lipinski definition) is 6. The fourth-order valence-corrected chi connectivity index (χ4v) is 5.44. The lowest BCUT2D eigenvalue weighted by atomic mass is 9.45. The first-order chi connectivity index (χ1) is 11.9. The predicted octanol–water partition coefficient (Wildman–Crippen LogP) is 4.14. The zero-order valence-electron chi connectivity index (χ0n) is 15.0. The molecule has 5 rings (SSSR count). The highest BCUT2D eigenvalue weighted by Crippen LogP contribution is 2.61. The molecule has 3 fully saturated rings. The van der Waals surface area contributed by atoms with Crippen molar-refractivity contribution in [2.75, 3.05) is 0 Å². The number of carbonyl (C=O) groups is 1. The third-order valence-electron chi connectivity index (χ3n) is 6.28. The number of carbonyl (C=O) groups excluding carboxylic acids is 1. The Morgan fingerprint density at radius 3 is 2.64 bits per heavy atom. The highest BCUT2D eigenvalue weighted by Gasteiger charge is 2.57. The molecule has 3 aliphatic rings. The summed E-state index contributed by atoms with van der Waals surface area (Å²) in [6.45, 7) is 8.76. The zero-order chi connectivity index (χ0) is 17.8. The molecule has 25 heavy (non-hydrogen) atoms. The number of thiazole rings is 1. The van der Waals surface area contributed by atoms with Crippen LogP contribution in [0.4, 0.5) is 0 Å². The summed E-state index contributed by atoms with van der Waals surface area (Å²) in [4.78, 5) is 26.1. The van der Waals surface area contributed by atoms with Gasteiger partial charge in [-0.05, 0) is 49.0 Å². The molecule has 0 aromatic carbocycles. The van der Waals surface area contributed by atoms with Crippen LogP contribution >= 0.6 is 11.3 Å². The smallest absolute Gasteiger partial charge is 0.350 e. The summed E-state index contributed by atoms with van der Waals surface area (Å²) in [6.07, 6.45) is 5.62. The van der Waals surface area contributed by atoms with Crippen molar-refractivity contribution in [1.29, 1.82) is 0 Å². The van der Waals surface area contributed by atoms with Crippen molar-refractivity contribution in [3.63, 3.8) is 0 Å². The summed E-state index contributed by atoms with van der Waals surface area (Å²) in [5, 5.41) is 0.658. The highest BCUT2D eigenvalue weighted by atomic mass is 32.1. The Hall–Kier alpha value is -1.82. The van der Waals surface area contributed by atoms with E-state index in [-0.39, 0.29) is 12.1 Å². The Morgan fingerprint density at radius 2 is 2.00 bits per heavy atom. The summed E-state index contributed by atoms with van der Waals surface area (Å²) in [5.74, 6) is 2.02. The van der Waals surface area contributed by atoms with E-state index in [4.69, 9.17) is 4.74 Å². The third-order valence-corrected chi connectivity index (χ3v) is 7.42. The van der Waals surface area contributed by atoms with Gasteiger partial charge in [-0.15, -0.1) is 11.3 Å². The number of aromatic nitrogens is 3. The molecule has 2 heterocycles. The van der Waals surface area contributed by atoms with Gasteiger partial charge in [-0.2, -0.15) is 0 Å². The van der Waals surface area contributed by atoms with Crippen molar-refractivity contribution in [1.82, 2.24) is 15.0 Å². The molecule has 2 bridgehead atoms. The molecule has 0 aliphatic heterocycles. The van der Waals surface area contributed by atoms with Gasteiger partial charge < -0.3 is 4.74 Å². The van der Waals surface area contributed by atoms with Gasteiger partial charge in [0.15, 0.2) is 10.8 Å². The van der Waals surface area contributed by atoms with Crippen molar-refractivity contribution in [3.05, 3.63) is 29.0 Å². The molecule has 132 valence electrons. The lowest BCUT2D eigenvalue weighted by Crippen LogP contribution is -2.57. The van der Waals surface area contributed by atoms with Crippen LogP contribution in [-0.4, -0.2) is 27.0 Å². The number of ether oxygens (including phenoxy) is 1. The van der Waals surface area contributed by atoms with Gasteiger partial charge in [-0.3, -0.25) is 0 Å². The number of aryl methyl sites for hydroxylation is 1. The highest BCUT2D eigenvalue weighted by molar-refractivity contribution is 7.16. The van der Waals surface area contributed by atoms with Crippen LogP contribution in [0.1, 0.15) is 49.0 Å². The second kappa shape index (κ2) is 5.87. The quantitative estimate of drug-likeness (QED) is 0.773. The Balaban J connectivity index is 1.50. The lowest BCUT2D eigenvalue weighted by molar-refractivity contribution is -0.156. The number of rotatable bonds is 3. The first-order valence-corrected chi connectivity index (χ1v) is 9.65.